The van der Waals surface area contributed by atoms with Crippen molar-refractivity contribution in [3.63, 3.8) is 0 Å². The van der Waals surface area contributed by atoms with Crippen LogP contribution >= 0.6 is 0 Å². The van der Waals surface area contributed by atoms with Crippen molar-refractivity contribution < 1.29 is 19.1 Å². The number of amides is 2. The first-order chi connectivity index (χ1) is 16.5. The maximum absolute atomic E-state index is 13.3. The van der Waals surface area contributed by atoms with Gasteiger partial charge < -0.3 is 14.8 Å². The Balaban J connectivity index is 1.53. The lowest BCUT2D eigenvalue weighted by Crippen LogP contribution is -2.36. The molecule has 6 nitrogen and oxygen atoms in total. The quantitative estimate of drug-likeness (QED) is 0.454. The smallest absolute Gasteiger partial charge is 0.278 e. The summed E-state index contributed by atoms with van der Waals surface area (Å²) in [5.41, 5.74) is 3.29. The predicted octanol–water partition coefficient (Wildman–Crippen LogP) is 5.09. The Morgan fingerprint density at radius 3 is 2.09 bits per heavy atom. The first-order valence-electron chi connectivity index (χ1n) is 11.3. The third kappa shape index (κ3) is 4.96. The van der Waals surface area contributed by atoms with Crippen molar-refractivity contribution in [2.24, 2.45) is 0 Å². The molecule has 0 saturated carbocycles. The summed E-state index contributed by atoms with van der Waals surface area (Å²) in [6.07, 6.45) is 0. The van der Waals surface area contributed by atoms with Crippen LogP contribution in [-0.4, -0.2) is 37.0 Å². The molecule has 1 aliphatic rings. The molecule has 174 valence electrons. The van der Waals surface area contributed by atoms with Gasteiger partial charge in [0.1, 0.15) is 23.8 Å². The van der Waals surface area contributed by atoms with Crippen LogP contribution in [-0.2, 0) is 9.59 Å². The molecule has 3 aromatic carbocycles. The van der Waals surface area contributed by atoms with Crippen LogP contribution in [0.3, 0.4) is 0 Å². The molecular formula is C28H28N2O4. The number of hydrogen-bond donors (Lipinski definition) is 1. The molecule has 0 spiro atoms. The number of carbonyl (C=O) groups is 2. The molecule has 0 aliphatic carbocycles. The van der Waals surface area contributed by atoms with Crippen LogP contribution < -0.4 is 14.8 Å². The molecule has 0 fully saturated rings. The van der Waals surface area contributed by atoms with E-state index in [-0.39, 0.29) is 30.7 Å². The van der Waals surface area contributed by atoms with Gasteiger partial charge in [-0.15, -0.1) is 0 Å². The maximum Gasteiger partial charge on any atom is 0.278 e. The van der Waals surface area contributed by atoms with Crippen molar-refractivity contribution in [1.82, 2.24) is 4.90 Å². The highest BCUT2D eigenvalue weighted by molar-refractivity contribution is 6.36. The summed E-state index contributed by atoms with van der Waals surface area (Å²) in [5.74, 6) is 1.07. The zero-order chi connectivity index (χ0) is 24.1. The summed E-state index contributed by atoms with van der Waals surface area (Å²) in [5, 5.41) is 3.20. The highest BCUT2D eigenvalue weighted by Gasteiger charge is 2.39. The van der Waals surface area contributed by atoms with Crippen molar-refractivity contribution in [1.29, 1.82) is 0 Å². The van der Waals surface area contributed by atoms with E-state index in [0.29, 0.717) is 22.8 Å². The number of methoxy groups -OCH3 is 1. The molecule has 0 aromatic heterocycles. The predicted molar refractivity (Wildman–Crippen MR) is 133 cm³/mol. The second-order valence-electron chi connectivity index (χ2n) is 8.30. The highest BCUT2D eigenvalue weighted by Crippen LogP contribution is 2.31. The number of ether oxygens (including phenoxy) is 2. The number of carbonyl (C=O) groups excluding carboxylic acids is 2. The number of nitrogens with one attached hydrogen (secondary N) is 1. The third-order valence-electron chi connectivity index (χ3n) is 5.72. The number of benzene rings is 3. The van der Waals surface area contributed by atoms with Gasteiger partial charge in [-0.3, -0.25) is 14.5 Å². The molecule has 0 unspecified atom stereocenters. The zero-order valence-electron chi connectivity index (χ0n) is 19.6. The van der Waals surface area contributed by atoms with Crippen LogP contribution in [0.1, 0.15) is 30.9 Å². The van der Waals surface area contributed by atoms with Gasteiger partial charge in [-0.05, 0) is 53.4 Å². The Morgan fingerprint density at radius 1 is 0.824 bits per heavy atom. The lowest BCUT2D eigenvalue weighted by molar-refractivity contribution is -0.137. The molecule has 0 bridgehead atoms. The molecule has 1 N–H and O–H groups in total. The number of anilines is 1. The van der Waals surface area contributed by atoms with Crippen molar-refractivity contribution in [3.05, 3.63) is 95.7 Å². The van der Waals surface area contributed by atoms with E-state index in [9.17, 15) is 9.59 Å². The van der Waals surface area contributed by atoms with E-state index in [1.54, 1.807) is 31.4 Å². The first kappa shape index (κ1) is 23.1. The molecular weight excluding hydrogens is 428 g/mol. The lowest BCUT2D eigenvalue weighted by Gasteiger charge is -2.16. The third-order valence-corrected chi connectivity index (χ3v) is 5.72. The fourth-order valence-corrected chi connectivity index (χ4v) is 3.79. The monoisotopic (exact) mass is 456 g/mol. The van der Waals surface area contributed by atoms with Gasteiger partial charge >= 0.3 is 0 Å². The molecule has 0 atom stereocenters. The molecule has 1 aliphatic heterocycles. The van der Waals surface area contributed by atoms with Crippen LogP contribution in [0.5, 0.6) is 11.5 Å². The highest BCUT2D eigenvalue weighted by atomic mass is 16.5. The molecule has 3 aromatic rings. The van der Waals surface area contributed by atoms with E-state index in [2.05, 4.69) is 19.2 Å². The summed E-state index contributed by atoms with van der Waals surface area (Å²) in [7, 11) is 1.60. The SMILES string of the molecule is COc1ccc(OCCN2C(=O)C(Nc3ccc(C(C)C)cc3)=C(c3ccccc3)C2=O)cc1. The minimum Gasteiger partial charge on any atom is -0.497 e. The average molecular weight is 457 g/mol. The van der Waals surface area contributed by atoms with Gasteiger partial charge in [0.25, 0.3) is 11.8 Å². The van der Waals surface area contributed by atoms with Crippen LogP contribution in [0, 0.1) is 0 Å². The summed E-state index contributed by atoms with van der Waals surface area (Å²) >= 11 is 0. The Bertz CT molecular complexity index is 1180. The number of rotatable bonds is 9. The van der Waals surface area contributed by atoms with Crippen molar-refractivity contribution in [3.8, 4) is 11.5 Å². The summed E-state index contributed by atoms with van der Waals surface area (Å²) in [4.78, 5) is 27.9. The lowest BCUT2D eigenvalue weighted by atomic mass is 10.0. The van der Waals surface area contributed by atoms with Gasteiger partial charge in [-0.2, -0.15) is 0 Å². The zero-order valence-corrected chi connectivity index (χ0v) is 19.6. The first-order valence-corrected chi connectivity index (χ1v) is 11.3. The Morgan fingerprint density at radius 2 is 1.47 bits per heavy atom. The van der Waals surface area contributed by atoms with E-state index in [4.69, 9.17) is 9.47 Å². The fourth-order valence-electron chi connectivity index (χ4n) is 3.79. The molecule has 1 heterocycles. The Labute approximate surface area is 199 Å². The van der Waals surface area contributed by atoms with Crippen LogP contribution in [0.4, 0.5) is 5.69 Å². The summed E-state index contributed by atoms with van der Waals surface area (Å²) in [6.45, 7) is 4.58. The van der Waals surface area contributed by atoms with Gasteiger partial charge in [0, 0.05) is 5.69 Å². The van der Waals surface area contributed by atoms with Gasteiger partial charge in [0.05, 0.1) is 19.2 Å². The van der Waals surface area contributed by atoms with Crippen molar-refractivity contribution >= 4 is 23.1 Å². The minimum atomic E-state index is -0.366. The number of imide groups is 1. The Kier molecular flexibility index (Phi) is 6.97. The number of hydrogen-bond acceptors (Lipinski definition) is 5. The van der Waals surface area contributed by atoms with Gasteiger partial charge in [-0.1, -0.05) is 56.3 Å². The minimum absolute atomic E-state index is 0.136. The van der Waals surface area contributed by atoms with E-state index >= 15 is 0 Å². The van der Waals surface area contributed by atoms with Crippen LogP contribution in [0.15, 0.2) is 84.6 Å². The van der Waals surface area contributed by atoms with Gasteiger partial charge in [-0.25, -0.2) is 0 Å². The van der Waals surface area contributed by atoms with Gasteiger partial charge in [0.2, 0.25) is 0 Å². The normalized spacial score (nSPS) is 13.6. The molecule has 6 heteroatoms. The molecule has 0 saturated heterocycles. The molecule has 2 amide bonds. The molecule has 0 radical (unpaired) electrons. The number of nitrogens with zero attached hydrogens (tertiary/aromatic N) is 1. The fraction of sp³-hybridized carbons (Fsp3) is 0.214. The average Bonchev–Trinajstić information content (AvgIpc) is 3.09. The second-order valence-corrected chi connectivity index (χ2v) is 8.30. The van der Waals surface area contributed by atoms with Gasteiger partial charge in [0.15, 0.2) is 0 Å². The second kappa shape index (κ2) is 10.3. The van der Waals surface area contributed by atoms with E-state index in [1.807, 2.05) is 54.6 Å². The van der Waals surface area contributed by atoms with Crippen LogP contribution in [0.25, 0.3) is 5.57 Å². The van der Waals surface area contributed by atoms with Crippen molar-refractivity contribution in [2.45, 2.75) is 19.8 Å². The summed E-state index contributed by atoms with van der Waals surface area (Å²) < 4.78 is 10.9. The Hall–Kier alpha value is -4.06. The largest absolute Gasteiger partial charge is 0.497 e. The van der Waals surface area contributed by atoms with Crippen molar-refractivity contribution in [2.75, 3.05) is 25.6 Å². The van der Waals surface area contributed by atoms with E-state index in [1.165, 1.54) is 10.5 Å². The standard InChI is InChI=1S/C28H28N2O4/c1-19(2)20-9-11-22(12-10-20)29-26-25(21-7-5-4-6-8-21)27(31)30(28(26)32)17-18-34-24-15-13-23(33-3)14-16-24/h4-16,19,29H,17-18H2,1-3H3. The summed E-state index contributed by atoms with van der Waals surface area (Å²) in [6, 6.07) is 24.3. The maximum atomic E-state index is 13.3. The molecule has 4 rings (SSSR count). The van der Waals surface area contributed by atoms with Crippen LogP contribution in [0.2, 0.25) is 0 Å². The van der Waals surface area contributed by atoms with E-state index in [0.717, 1.165) is 11.4 Å². The molecule has 34 heavy (non-hydrogen) atoms. The topological polar surface area (TPSA) is 67.9 Å². The van der Waals surface area contributed by atoms with E-state index < -0.39 is 0 Å².